The normalized spacial score (nSPS) is 11.1. The van der Waals surface area contributed by atoms with Crippen molar-refractivity contribution in [2.45, 2.75) is 13.8 Å². The summed E-state index contributed by atoms with van der Waals surface area (Å²) in [6.45, 7) is 4.73. The Hall–Kier alpha value is -2.95. The standard InChI is InChI=1S/C20H22O5/c1-4-24-18-11-8-15(13-19(18)25-5-2)17(20(21)22)12-14-6-9-16(23-3)10-7-14/h6-13H,4-5H2,1-3H3,(H,21,22)/b17-12-. The number of hydrogen-bond donors (Lipinski definition) is 1. The summed E-state index contributed by atoms with van der Waals surface area (Å²) in [7, 11) is 1.59. The highest BCUT2D eigenvalue weighted by Gasteiger charge is 2.14. The van der Waals surface area contributed by atoms with Gasteiger partial charge >= 0.3 is 5.97 Å². The Labute approximate surface area is 147 Å². The molecule has 0 saturated carbocycles. The molecule has 2 aromatic rings. The number of benzene rings is 2. The van der Waals surface area contributed by atoms with E-state index in [1.54, 1.807) is 55.7 Å². The molecule has 0 saturated heterocycles. The van der Waals surface area contributed by atoms with E-state index in [-0.39, 0.29) is 5.57 Å². The number of rotatable bonds is 8. The van der Waals surface area contributed by atoms with Gasteiger partial charge in [-0.05, 0) is 55.3 Å². The lowest BCUT2D eigenvalue weighted by molar-refractivity contribution is -0.130. The van der Waals surface area contributed by atoms with Gasteiger partial charge in [0, 0.05) is 0 Å². The molecular weight excluding hydrogens is 320 g/mol. The molecule has 2 aromatic carbocycles. The number of carboxylic acid groups (broad SMARTS) is 1. The van der Waals surface area contributed by atoms with Crippen molar-refractivity contribution in [1.82, 2.24) is 0 Å². The number of hydrogen-bond acceptors (Lipinski definition) is 4. The predicted molar refractivity (Wildman–Crippen MR) is 97.3 cm³/mol. The van der Waals surface area contributed by atoms with E-state index in [0.29, 0.717) is 36.0 Å². The van der Waals surface area contributed by atoms with Crippen molar-refractivity contribution in [3.63, 3.8) is 0 Å². The Morgan fingerprint density at radius 1 is 1.00 bits per heavy atom. The second-order valence-electron chi connectivity index (χ2n) is 5.16. The van der Waals surface area contributed by atoms with Gasteiger partial charge in [0.25, 0.3) is 0 Å². The van der Waals surface area contributed by atoms with Crippen molar-refractivity contribution in [2.75, 3.05) is 20.3 Å². The molecule has 0 atom stereocenters. The van der Waals surface area contributed by atoms with E-state index in [2.05, 4.69) is 0 Å². The molecule has 0 aromatic heterocycles. The van der Waals surface area contributed by atoms with Gasteiger partial charge in [0.1, 0.15) is 5.75 Å². The van der Waals surface area contributed by atoms with Crippen LogP contribution in [0.1, 0.15) is 25.0 Å². The molecule has 0 unspecified atom stereocenters. The molecule has 1 N–H and O–H groups in total. The average Bonchev–Trinajstić information content (AvgIpc) is 2.62. The fraction of sp³-hybridized carbons (Fsp3) is 0.250. The van der Waals surface area contributed by atoms with Gasteiger partial charge in [0.05, 0.1) is 25.9 Å². The fourth-order valence-electron chi connectivity index (χ4n) is 2.35. The van der Waals surface area contributed by atoms with Gasteiger partial charge in [0.2, 0.25) is 0 Å². The maximum Gasteiger partial charge on any atom is 0.336 e. The average molecular weight is 342 g/mol. The van der Waals surface area contributed by atoms with Crippen molar-refractivity contribution in [3.05, 3.63) is 53.6 Å². The first-order valence-corrected chi connectivity index (χ1v) is 8.08. The van der Waals surface area contributed by atoms with Crippen molar-refractivity contribution < 1.29 is 24.1 Å². The highest BCUT2D eigenvalue weighted by molar-refractivity contribution is 6.20. The van der Waals surface area contributed by atoms with Gasteiger partial charge in [0.15, 0.2) is 11.5 Å². The molecule has 0 aliphatic heterocycles. The van der Waals surface area contributed by atoms with Crippen LogP contribution in [0.25, 0.3) is 11.6 Å². The van der Waals surface area contributed by atoms with Gasteiger partial charge in [-0.25, -0.2) is 4.79 Å². The van der Waals surface area contributed by atoms with Gasteiger partial charge in [-0.2, -0.15) is 0 Å². The number of methoxy groups -OCH3 is 1. The lowest BCUT2D eigenvalue weighted by Crippen LogP contribution is -2.03. The summed E-state index contributed by atoms with van der Waals surface area (Å²) in [5.74, 6) is 0.835. The third-order valence-corrected chi connectivity index (χ3v) is 3.51. The van der Waals surface area contributed by atoms with E-state index in [1.807, 2.05) is 13.8 Å². The Kier molecular flexibility index (Phi) is 6.46. The van der Waals surface area contributed by atoms with Crippen LogP contribution < -0.4 is 14.2 Å². The summed E-state index contributed by atoms with van der Waals surface area (Å²) >= 11 is 0. The molecule has 0 amide bonds. The fourth-order valence-corrected chi connectivity index (χ4v) is 2.35. The summed E-state index contributed by atoms with van der Waals surface area (Å²) in [6, 6.07) is 12.3. The lowest BCUT2D eigenvalue weighted by Gasteiger charge is -2.13. The summed E-state index contributed by atoms with van der Waals surface area (Å²) in [5, 5.41) is 9.62. The van der Waals surface area contributed by atoms with E-state index < -0.39 is 5.97 Å². The second-order valence-corrected chi connectivity index (χ2v) is 5.16. The maximum atomic E-state index is 11.7. The molecule has 5 heteroatoms. The Morgan fingerprint density at radius 2 is 1.64 bits per heavy atom. The van der Waals surface area contributed by atoms with Crippen molar-refractivity contribution in [2.24, 2.45) is 0 Å². The summed E-state index contributed by atoms with van der Waals surface area (Å²) in [5.41, 5.74) is 1.49. The quantitative estimate of drug-likeness (QED) is 0.577. The monoisotopic (exact) mass is 342 g/mol. The zero-order chi connectivity index (χ0) is 18.2. The van der Waals surface area contributed by atoms with Crippen LogP contribution in [-0.2, 0) is 4.79 Å². The molecule has 0 aliphatic rings. The van der Waals surface area contributed by atoms with Gasteiger partial charge in [-0.15, -0.1) is 0 Å². The van der Waals surface area contributed by atoms with Crippen LogP contribution >= 0.6 is 0 Å². The minimum atomic E-state index is -1.01. The highest BCUT2D eigenvalue weighted by Crippen LogP contribution is 2.32. The number of carbonyl (C=O) groups is 1. The zero-order valence-electron chi connectivity index (χ0n) is 14.6. The summed E-state index contributed by atoms with van der Waals surface area (Å²) in [4.78, 5) is 11.7. The van der Waals surface area contributed by atoms with Crippen molar-refractivity contribution >= 4 is 17.6 Å². The minimum Gasteiger partial charge on any atom is -0.497 e. The van der Waals surface area contributed by atoms with Crippen LogP contribution in [0.2, 0.25) is 0 Å². The topological polar surface area (TPSA) is 65.0 Å². The van der Waals surface area contributed by atoms with E-state index in [4.69, 9.17) is 14.2 Å². The highest BCUT2D eigenvalue weighted by atomic mass is 16.5. The second kappa shape index (κ2) is 8.78. The first-order chi connectivity index (χ1) is 12.1. The number of aliphatic carboxylic acids is 1. The predicted octanol–water partition coefficient (Wildman–Crippen LogP) is 4.12. The van der Waals surface area contributed by atoms with Gasteiger partial charge in [-0.1, -0.05) is 18.2 Å². The van der Waals surface area contributed by atoms with E-state index in [1.165, 1.54) is 0 Å². The minimum absolute atomic E-state index is 0.175. The molecule has 132 valence electrons. The Balaban J connectivity index is 2.43. The van der Waals surface area contributed by atoms with Crippen LogP contribution in [0.3, 0.4) is 0 Å². The molecule has 0 heterocycles. The van der Waals surface area contributed by atoms with Crippen LogP contribution in [0, 0.1) is 0 Å². The molecule has 0 spiro atoms. The van der Waals surface area contributed by atoms with E-state index in [0.717, 1.165) is 5.56 Å². The van der Waals surface area contributed by atoms with E-state index >= 15 is 0 Å². The largest absolute Gasteiger partial charge is 0.497 e. The third kappa shape index (κ3) is 4.76. The lowest BCUT2D eigenvalue weighted by atomic mass is 10.0. The third-order valence-electron chi connectivity index (χ3n) is 3.51. The molecule has 0 radical (unpaired) electrons. The van der Waals surface area contributed by atoms with Crippen molar-refractivity contribution in [3.8, 4) is 17.2 Å². The Bertz CT molecular complexity index is 747. The zero-order valence-corrected chi connectivity index (χ0v) is 14.6. The van der Waals surface area contributed by atoms with Crippen LogP contribution in [0.5, 0.6) is 17.2 Å². The van der Waals surface area contributed by atoms with Crippen molar-refractivity contribution in [1.29, 1.82) is 0 Å². The summed E-state index contributed by atoms with van der Waals surface area (Å²) < 4.78 is 16.2. The van der Waals surface area contributed by atoms with Gasteiger partial charge in [-0.3, -0.25) is 0 Å². The molecule has 0 aliphatic carbocycles. The maximum absolute atomic E-state index is 11.7. The first kappa shape index (κ1) is 18.4. The van der Waals surface area contributed by atoms with Crippen LogP contribution in [0.4, 0.5) is 0 Å². The SMILES string of the molecule is CCOc1ccc(/C(=C/c2ccc(OC)cc2)C(=O)O)cc1OCC. The number of carboxylic acids is 1. The molecule has 25 heavy (non-hydrogen) atoms. The Morgan fingerprint density at radius 3 is 2.20 bits per heavy atom. The molecule has 0 fully saturated rings. The number of ether oxygens (including phenoxy) is 3. The molecule has 0 bridgehead atoms. The van der Waals surface area contributed by atoms with Gasteiger partial charge < -0.3 is 19.3 Å². The molecule has 2 rings (SSSR count). The van der Waals surface area contributed by atoms with E-state index in [9.17, 15) is 9.90 Å². The van der Waals surface area contributed by atoms with Crippen LogP contribution in [-0.4, -0.2) is 31.4 Å². The van der Waals surface area contributed by atoms with Crippen LogP contribution in [0.15, 0.2) is 42.5 Å². The summed E-state index contributed by atoms with van der Waals surface area (Å²) in [6.07, 6.45) is 1.62. The molecule has 5 nitrogen and oxygen atoms in total. The smallest absolute Gasteiger partial charge is 0.336 e. The first-order valence-electron chi connectivity index (χ1n) is 8.08. The molecular formula is C20H22O5.